The van der Waals surface area contributed by atoms with Crippen molar-refractivity contribution in [2.75, 3.05) is 13.2 Å². The van der Waals surface area contributed by atoms with Crippen molar-refractivity contribution in [3.05, 3.63) is 29.7 Å². The maximum absolute atomic E-state index is 9.35. The van der Waals surface area contributed by atoms with E-state index in [-0.39, 0.29) is 21.5 Å². The number of pyridine rings is 1. The first-order valence-corrected chi connectivity index (χ1v) is 11.9. The summed E-state index contributed by atoms with van der Waals surface area (Å²) in [5.41, 5.74) is 1.61. The van der Waals surface area contributed by atoms with Gasteiger partial charge in [-0.2, -0.15) is 5.26 Å². The van der Waals surface area contributed by atoms with Gasteiger partial charge in [-0.1, -0.05) is 23.6 Å². The quantitative estimate of drug-likeness (QED) is 0.276. The lowest BCUT2D eigenvalue weighted by atomic mass is 10.1. The van der Waals surface area contributed by atoms with Crippen LogP contribution in [0.3, 0.4) is 0 Å². The van der Waals surface area contributed by atoms with Crippen molar-refractivity contribution in [3.8, 4) is 17.9 Å². The number of fused-ring (bicyclic) bond motifs is 1. The van der Waals surface area contributed by atoms with E-state index in [1.54, 1.807) is 18.1 Å². The van der Waals surface area contributed by atoms with Crippen LogP contribution in [-0.2, 0) is 4.74 Å². The average Bonchev–Trinajstić information content (AvgIpc) is 3.63. The molecule has 2 aliphatic carbocycles. The number of ether oxygens (including phenoxy) is 1. The van der Waals surface area contributed by atoms with Crippen molar-refractivity contribution in [2.24, 2.45) is 11.3 Å². The first-order chi connectivity index (χ1) is 14.9. The second-order valence-electron chi connectivity index (χ2n) is 8.65. The topological polar surface area (TPSA) is 110 Å². The monoisotopic (exact) mass is 450 g/mol. The molecule has 3 fully saturated rings. The predicted octanol–water partition coefficient (Wildman–Crippen LogP) is 3.82. The standard InChI is InChI=1S/C22H22N6OS2/c1-21(4-5-21)27-31-16-8-15(3-2-14-11-29-12-14)19-26-9-17(28(19)10-16)18(24)30-20(25)22(13-23)6-7-22/h8-10,14,24-25,27H,4-7,11-12H2,1H3. The zero-order valence-corrected chi connectivity index (χ0v) is 18.8. The van der Waals surface area contributed by atoms with Crippen LogP contribution >= 0.6 is 23.7 Å². The Balaban J connectivity index is 1.46. The summed E-state index contributed by atoms with van der Waals surface area (Å²) in [6.07, 6.45) is 7.35. The van der Waals surface area contributed by atoms with Crippen molar-refractivity contribution in [2.45, 2.75) is 43.0 Å². The summed E-state index contributed by atoms with van der Waals surface area (Å²) in [6, 6.07) is 4.27. The summed E-state index contributed by atoms with van der Waals surface area (Å²) < 4.78 is 10.6. The van der Waals surface area contributed by atoms with Crippen LogP contribution in [0, 0.1) is 45.3 Å². The molecular weight excluding hydrogens is 428 g/mol. The van der Waals surface area contributed by atoms with Gasteiger partial charge in [0.05, 0.1) is 47.7 Å². The summed E-state index contributed by atoms with van der Waals surface area (Å²) in [4.78, 5) is 5.54. The van der Waals surface area contributed by atoms with Gasteiger partial charge in [-0.15, -0.1) is 0 Å². The summed E-state index contributed by atoms with van der Waals surface area (Å²) in [5, 5.41) is 26.7. The van der Waals surface area contributed by atoms with Gasteiger partial charge in [0.1, 0.15) is 10.5 Å². The highest BCUT2D eigenvalue weighted by molar-refractivity contribution is 8.26. The number of hydrogen-bond acceptors (Lipinski definition) is 8. The predicted molar refractivity (Wildman–Crippen MR) is 122 cm³/mol. The Bertz CT molecular complexity index is 1190. The van der Waals surface area contributed by atoms with Gasteiger partial charge in [0, 0.05) is 16.6 Å². The van der Waals surface area contributed by atoms with Crippen molar-refractivity contribution in [1.29, 1.82) is 16.1 Å². The minimum Gasteiger partial charge on any atom is -0.379 e. The van der Waals surface area contributed by atoms with Gasteiger partial charge in [0.25, 0.3) is 0 Å². The average molecular weight is 451 g/mol. The van der Waals surface area contributed by atoms with Gasteiger partial charge in [0.15, 0.2) is 5.65 Å². The number of hydrogen-bond donors (Lipinski definition) is 3. The molecule has 3 aliphatic rings. The molecule has 1 aliphatic heterocycles. The molecule has 0 amide bonds. The van der Waals surface area contributed by atoms with Crippen LogP contribution in [0.25, 0.3) is 5.65 Å². The molecule has 0 radical (unpaired) electrons. The molecule has 9 heteroatoms. The molecule has 31 heavy (non-hydrogen) atoms. The molecule has 158 valence electrons. The Hall–Kier alpha value is -2.30. The van der Waals surface area contributed by atoms with Crippen LogP contribution in [-0.4, -0.2) is 38.2 Å². The fourth-order valence-electron chi connectivity index (χ4n) is 3.12. The van der Waals surface area contributed by atoms with Crippen LogP contribution in [0.15, 0.2) is 23.4 Å². The van der Waals surface area contributed by atoms with Crippen LogP contribution < -0.4 is 4.72 Å². The summed E-state index contributed by atoms with van der Waals surface area (Å²) in [7, 11) is 0. The van der Waals surface area contributed by atoms with Crippen LogP contribution in [0.1, 0.15) is 43.9 Å². The highest BCUT2D eigenvalue weighted by Crippen LogP contribution is 2.49. The second kappa shape index (κ2) is 7.68. The third-order valence-electron chi connectivity index (χ3n) is 5.88. The molecule has 0 aromatic carbocycles. The molecule has 3 N–H and O–H groups in total. The largest absolute Gasteiger partial charge is 0.379 e. The molecule has 5 rings (SSSR count). The minimum absolute atomic E-state index is 0.181. The Morgan fingerprint density at radius 1 is 1.32 bits per heavy atom. The van der Waals surface area contributed by atoms with Crippen LogP contribution in [0.5, 0.6) is 0 Å². The van der Waals surface area contributed by atoms with E-state index < -0.39 is 5.41 Å². The number of rotatable bonds is 5. The van der Waals surface area contributed by atoms with E-state index in [1.165, 1.54) is 0 Å². The maximum atomic E-state index is 9.35. The van der Waals surface area contributed by atoms with Gasteiger partial charge in [-0.3, -0.25) is 19.9 Å². The van der Waals surface area contributed by atoms with Crippen molar-refractivity contribution < 1.29 is 4.74 Å². The zero-order valence-electron chi connectivity index (χ0n) is 17.1. The van der Waals surface area contributed by atoms with E-state index in [2.05, 4.69) is 34.5 Å². The van der Waals surface area contributed by atoms with Gasteiger partial charge in [-0.05, 0) is 50.6 Å². The van der Waals surface area contributed by atoms with E-state index in [1.807, 2.05) is 16.7 Å². The number of aromatic nitrogens is 2. The number of thioether (sulfide) groups is 1. The Kier molecular flexibility index (Phi) is 5.10. The van der Waals surface area contributed by atoms with Gasteiger partial charge >= 0.3 is 0 Å². The Morgan fingerprint density at radius 3 is 2.71 bits per heavy atom. The fourth-order valence-corrected chi connectivity index (χ4v) is 4.92. The molecule has 2 aromatic heterocycles. The lowest BCUT2D eigenvalue weighted by molar-refractivity contribution is -0.00300. The first-order valence-electron chi connectivity index (χ1n) is 10.2. The SMILES string of the molecule is CC1(NSc2cc(C#CC3COC3)c3ncc(C(=N)SC(=N)C4(C#N)CC4)n3c2)CC1. The summed E-state index contributed by atoms with van der Waals surface area (Å²) >= 11 is 2.62. The summed E-state index contributed by atoms with van der Waals surface area (Å²) in [6.45, 7) is 3.54. The van der Waals surface area contributed by atoms with Gasteiger partial charge < -0.3 is 4.74 Å². The van der Waals surface area contributed by atoms with E-state index in [9.17, 15) is 5.26 Å². The number of nitrogens with one attached hydrogen (secondary N) is 3. The molecular formula is C22H22N6OS2. The normalized spacial score (nSPS) is 20.3. The fraction of sp³-hybridized carbons (Fsp3) is 0.455. The highest BCUT2D eigenvalue weighted by atomic mass is 32.2. The van der Waals surface area contributed by atoms with E-state index in [0.717, 1.165) is 35.1 Å². The Labute approximate surface area is 189 Å². The maximum Gasteiger partial charge on any atom is 0.153 e. The van der Waals surface area contributed by atoms with Gasteiger partial charge in [-0.25, -0.2) is 4.98 Å². The molecule has 2 saturated carbocycles. The molecule has 1 saturated heterocycles. The molecule has 0 bridgehead atoms. The van der Waals surface area contributed by atoms with Crippen molar-refractivity contribution in [3.63, 3.8) is 0 Å². The van der Waals surface area contributed by atoms with E-state index in [0.29, 0.717) is 37.4 Å². The van der Waals surface area contributed by atoms with Crippen LogP contribution in [0.2, 0.25) is 0 Å². The minimum atomic E-state index is -0.691. The molecule has 0 atom stereocenters. The lowest BCUT2D eigenvalue weighted by Crippen LogP contribution is -2.25. The van der Waals surface area contributed by atoms with Crippen molar-refractivity contribution in [1.82, 2.24) is 14.1 Å². The van der Waals surface area contributed by atoms with Crippen LogP contribution in [0.4, 0.5) is 0 Å². The van der Waals surface area contributed by atoms with Gasteiger partial charge in [0.2, 0.25) is 0 Å². The number of nitrogens with zero attached hydrogens (tertiary/aromatic N) is 3. The smallest absolute Gasteiger partial charge is 0.153 e. The lowest BCUT2D eigenvalue weighted by Gasteiger charge is -2.20. The molecule has 0 spiro atoms. The highest BCUT2D eigenvalue weighted by Gasteiger charge is 2.48. The Morgan fingerprint density at radius 2 is 2.10 bits per heavy atom. The molecule has 7 nitrogen and oxygen atoms in total. The zero-order chi connectivity index (χ0) is 21.6. The third kappa shape index (κ3) is 4.11. The molecule has 2 aromatic rings. The summed E-state index contributed by atoms with van der Waals surface area (Å²) in [5.74, 6) is 6.78. The second-order valence-corrected chi connectivity index (χ2v) is 10.5. The third-order valence-corrected chi connectivity index (χ3v) is 7.94. The van der Waals surface area contributed by atoms with E-state index in [4.69, 9.17) is 15.6 Å². The number of imidazole rings is 1. The molecule has 0 unspecified atom stereocenters. The van der Waals surface area contributed by atoms with E-state index >= 15 is 0 Å². The number of nitriles is 1. The van der Waals surface area contributed by atoms with Crippen molar-refractivity contribution >= 4 is 39.4 Å². The first kappa shape index (κ1) is 20.6. The molecule has 3 heterocycles.